The molecule has 0 fully saturated rings. The maximum atomic E-state index is 10.4. The number of anilines is 1. The molecule has 66 valence electrons. The zero-order valence-corrected chi connectivity index (χ0v) is 6.86. The maximum Gasteiger partial charge on any atom is 0.271 e. The third kappa shape index (κ3) is 2.49. The fourth-order valence-corrected chi connectivity index (χ4v) is 0.883. The van der Waals surface area contributed by atoms with E-state index in [9.17, 15) is 10.1 Å². The van der Waals surface area contributed by atoms with Crippen molar-refractivity contribution < 1.29 is 4.92 Å². The normalized spacial score (nSPS) is 8.85. The van der Waals surface area contributed by atoms with Crippen LogP contribution in [-0.4, -0.2) is 11.5 Å². The Kier molecular flexibility index (Phi) is 2.87. The van der Waals surface area contributed by atoms with Crippen LogP contribution in [0.2, 0.25) is 0 Å². The van der Waals surface area contributed by atoms with Gasteiger partial charge in [0.25, 0.3) is 5.69 Å². The third-order valence-electron chi connectivity index (χ3n) is 1.45. The molecule has 1 N–H and O–H groups in total. The summed E-state index contributed by atoms with van der Waals surface area (Å²) in [6, 6.07) is 6.21. The molecular weight excluding hydrogens is 168 g/mol. The largest absolute Gasteiger partial charge is 0.374 e. The van der Waals surface area contributed by atoms with Gasteiger partial charge < -0.3 is 5.32 Å². The fraction of sp³-hybridized carbons (Fsp3) is 0.111. The predicted octanol–water partition coefficient (Wildman–Crippen LogP) is 1.64. The second kappa shape index (κ2) is 4.12. The molecule has 0 unspecified atom stereocenters. The Labute approximate surface area is 75.7 Å². The van der Waals surface area contributed by atoms with Gasteiger partial charge in [0, 0.05) is 17.8 Å². The standard InChI is InChI=1S/C9H8N2O2/c1-2-6-10-8-4-3-5-9(7-8)11(12)13/h1,3-5,7,10H,6H2. The fourth-order valence-electron chi connectivity index (χ4n) is 0.883. The van der Waals surface area contributed by atoms with Gasteiger partial charge in [-0.3, -0.25) is 10.1 Å². The van der Waals surface area contributed by atoms with Gasteiger partial charge in [0.1, 0.15) is 0 Å². The van der Waals surface area contributed by atoms with Crippen LogP contribution in [0.25, 0.3) is 0 Å². The van der Waals surface area contributed by atoms with Gasteiger partial charge in [-0.05, 0) is 6.07 Å². The Morgan fingerprint density at radius 1 is 1.62 bits per heavy atom. The molecule has 0 aliphatic rings. The van der Waals surface area contributed by atoms with E-state index in [2.05, 4.69) is 11.2 Å². The van der Waals surface area contributed by atoms with Crippen molar-refractivity contribution in [1.29, 1.82) is 0 Å². The number of terminal acetylenes is 1. The number of nitro benzene ring substituents is 1. The van der Waals surface area contributed by atoms with E-state index in [1.54, 1.807) is 12.1 Å². The van der Waals surface area contributed by atoms with Crippen molar-refractivity contribution >= 4 is 11.4 Å². The van der Waals surface area contributed by atoms with Crippen LogP contribution >= 0.6 is 0 Å². The zero-order chi connectivity index (χ0) is 9.68. The average molecular weight is 176 g/mol. The van der Waals surface area contributed by atoms with Crippen LogP contribution in [0.15, 0.2) is 24.3 Å². The summed E-state index contributed by atoms with van der Waals surface area (Å²) < 4.78 is 0. The zero-order valence-electron chi connectivity index (χ0n) is 6.86. The van der Waals surface area contributed by atoms with Gasteiger partial charge in [0.15, 0.2) is 0 Å². The number of hydrogen-bond acceptors (Lipinski definition) is 3. The molecule has 0 saturated heterocycles. The van der Waals surface area contributed by atoms with E-state index in [4.69, 9.17) is 6.42 Å². The Bertz CT molecular complexity index is 355. The van der Waals surface area contributed by atoms with Crippen molar-refractivity contribution in [3.05, 3.63) is 34.4 Å². The van der Waals surface area contributed by atoms with Gasteiger partial charge in [-0.25, -0.2) is 0 Å². The highest BCUT2D eigenvalue weighted by Crippen LogP contribution is 2.16. The molecule has 0 aromatic heterocycles. The first-order valence-electron chi connectivity index (χ1n) is 3.66. The Morgan fingerprint density at radius 3 is 3.00 bits per heavy atom. The van der Waals surface area contributed by atoms with Crippen LogP contribution in [0.3, 0.4) is 0 Å². The minimum atomic E-state index is -0.443. The first-order chi connectivity index (χ1) is 6.24. The van der Waals surface area contributed by atoms with E-state index in [0.717, 1.165) is 0 Å². The molecule has 4 nitrogen and oxygen atoms in total. The topological polar surface area (TPSA) is 55.2 Å². The molecule has 0 radical (unpaired) electrons. The smallest absolute Gasteiger partial charge is 0.271 e. The van der Waals surface area contributed by atoms with E-state index < -0.39 is 4.92 Å². The van der Waals surface area contributed by atoms with E-state index in [1.165, 1.54) is 12.1 Å². The monoisotopic (exact) mass is 176 g/mol. The molecule has 1 rings (SSSR count). The first-order valence-corrected chi connectivity index (χ1v) is 3.66. The average Bonchev–Trinajstić information content (AvgIpc) is 2.15. The third-order valence-corrected chi connectivity index (χ3v) is 1.45. The highest BCUT2D eigenvalue weighted by atomic mass is 16.6. The number of hydrogen-bond donors (Lipinski definition) is 1. The van der Waals surface area contributed by atoms with E-state index in [-0.39, 0.29) is 5.69 Å². The molecule has 0 aliphatic heterocycles. The summed E-state index contributed by atoms with van der Waals surface area (Å²) in [5.74, 6) is 2.38. The van der Waals surface area contributed by atoms with Crippen molar-refractivity contribution in [2.75, 3.05) is 11.9 Å². The molecular formula is C9H8N2O2. The van der Waals surface area contributed by atoms with Crippen molar-refractivity contribution in [1.82, 2.24) is 0 Å². The van der Waals surface area contributed by atoms with Gasteiger partial charge in [0.2, 0.25) is 0 Å². The summed E-state index contributed by atoms with van der Waals surface area (Å²) in [5, 5.41) is 13.2. The molecule has 0 bridgehead atoms. The lowest BCUT2D eigenvalue weighted by Crippen LogP contribution is -1.98. The van der Waals surface area contributed by atoms with Gasteiger partial charge >= 0.3 is 0 Å². The minimum Gasteiger partial charge on any atom is -0.374 e. The van der Waals surface area contributed by atoms with Crippen molar-refractivity contribution in [2.24, 2.45) is 0 Å². The summed E-state index contributed by atoms with van der Waals surface area (Å²) in [5.41, 5.74) is 0.717. The Balaban J connectivity index is 2.80. The highest BCUT2D eigenvalue weighted by molar-refractivity contribution is 5.51. The Morgan fingerprint density at radius 2 is 2.38 bits per heavy atom. The number of nitrogens with one attached hydrogen (secondary N) is 1. The van der Waals surface area contributed by atoms with Crippen LogP contribution < -0.4 is 5.32 Å². The highest BCUT2D eigenvalue weighted by Gasteiger charge is 2.03. The second-order valence-corrected chi connectivity index (χ2v) is 2.37. The molecule has 0 spiro atoms. The number of nitro groups is 1. The quantitative estimate of drug-likeness (QED) is 0.432. The summed E-state index contributed by atoms with van der Waals surface area (Å²) in [6.45, 7) is 0.362. The van der Waals surface area contributed by atoms with Crippen LogP contribution in [0, 0.1) is 22.5 Å². The summed E-state index contributed by atoms with van der Waals surface area (Å²) >= 11 is 0. The summed E-state index contributed by atoms with van der Waals surface area (Å²) in [7, 11) is 0. The van der Waals surface area contributed by atoms with E-state index in [0.29, 0.717) is 12.2 Å². The lowest BCUT2D eigenvalue weighted by atomic mass is 10.3. The lowest BCUT2D eigenvalue weighted by molar-refractivity contribution is -0.384. The molecule has 0 saturated carbocycles. The summed E-state index contributed by atoms with van der Waals surface area (Å²) in [4.78, 5) is 9.92. The molecule has 1 aromatic carbocycles. The summed E-state index contributed by atoms with van der Waals surface area (Å²) in [6.07, 6.45) is 5.03. The van der Waals surface area contributed by atoms with Gasteiger partial charge in [-0.2, -0.15) is 0 Å². The molecule has 4 heteroatoms. The van der Waals surface area contributed by atoms with E-state index >= 15 is 0 Å². The van der Waals surface area contributed by atoms with Crippen LogP contribution in [0.4, 0.5) is 11.4 Å². The predicted molar refractivity (Wildman–Crippen MR) is 50.4 cm³/mol. The van der Waals surface area contributed by atoms with E-state index in [1.807, 2.05) is 0 Å². The molecule has 0 amide bonds. The molecule has 1 aromatic rings. The van der Waals surface area contributed by atoms with Crippen LogP contribution in [-0.2, 0) is 0 Å². The number of non-ortho nitro benzene ring substituents is 1. The van der Waals surface area contributed by atoms with Crippen molar-refractivity contribution in [3.8, 4) is 12.3 Å². The van der Waals surface area contributed by atoms with Gasteiger partial charge in [0.05, 0.1) is 11.5 Å². The second-order valence-electron chi connectivity index (χ2n) is 2.37. The van der Waals surface area contributed by atoms with Gasteiger partial charge in [-0.15, -0.1) is 6.42 Å². The molecule has 0 atom stereocenters. The lowest BCUT2D eigenvalue weighted by Gasteiger charge is -2.00. The SMILES string of the molecule is C#CCNc1cccc([N+](=O)[O-])c1. The van der Waals surface area contributed by atoms with Crippen molar-refractivity contribution in [2.45, 2.75) is 0 Å². The first kappa shape index (κ1) is 9.07. The Hall–Kier alpha value is -2.02. The van der Waals surface area contributed by atoms with Crippen LogP contribution in [0.1, 0.15) is 0 Å². The number of benzene rings is 1. The number of nitrogens with zero attached hydrogens (tertiary/aromatic N) is 1. The minimum absolute atomic E-state index is 0.0574. The maximum absolute atomic E-state index is 10.4. The van der Waals surface area contributed by atoms with Crippen LogP contribution in [0.5, 0.6) is 0 Å². The number of rotatable bonds is 3. The molecule has 13 heavy (non-hydrogen) atoms. The van der Waals surface area contributed by atoms with Crippen molar-refractivity contribution in [3.63, 3.8) is 0 Å². The molecule has 0 heterocycles. The molecule has 0 aliphatic carbocycles. The van der Waals surface area contributed by atoms with Gasteiger partial charge in [-0.1, -0.05) is 12.0 Å².